The lowest BCUT2D eigenvalue weighted by atomic mass is 9.85. The minimum absolute atomic E-state index is 0. The third-order valence-electron chi connectivity index (χ3n) is 7.15. The summed E-state index contributed by atoms with van der Waals surface area (Å²) in [6.45, 7) is 7.04. The summed E-state index contributed by atoms with van der Waals surface area (Å²) in [5.74, 6) is 0.595. The Morgan fingerprint density at radius 3 is 2.35 bits per heavy atom. The number of hydrogen-bond acceptors (Lipinski definition) is 4. The van der Waals surface area contributed by atoms with Crippen molar-refractivity contribution in [3.05, 3.63) is 0 Å². The van der Waals surface area contributed by atoms with Crippen LogP contribution in [0, 0.1) is 11.3 Å². The molecule has 0 aromatic carbocycles. The van der Waals surface area contributed by atoms with Crippen LogP contribution in [0.1, 0.15) is 51.4 Å². The molecule has 4 rings (SSSR count). The zero-order valence-electron chi connectivity index (χ0n) is 15.8. The molecule has 1 atom stereocenters. The van der Waals surface area contributed by atoms with Crippen LogP contribution in [0.25, 0.3) is 0 Å². The number of hydrogen-bond donors (Lipinski definition) is 2. The number of rotatable bonds is 4. The molecule has 152 valence electrons. The monoisotopic (exact) mass is 407 g/mol. The second-order valence-corrected chi connectivity index (χ2v) is 8.47. The van der Waals surface area contributed by atoms with Crippen molar-refractivity contribution in [2.75, 3.05) is 45.9 Å². The topological polar surface area (TPSA) is 53.6 Å². The van der Waals surface area contributed by atoms with E-state index in [-0.39, 0.29) is 36.3 Å². The van der Waals surface area contributed by atoms with Crippen molar-refractivity contribution in [1.29, 1.82) is 0 Å². The average molecular weight is 408 g/mol. The first-order valence-electron chi connectivity index (χ1n) is 10.1. The molecule has 26 heavy (non-hydrogen) atoms. The highest BCUT2D eigenvalue weighted by atomic mass is 35.5. The summed E-state index contributed by atoms with van der Waals surface area (Å²) in [6.07, 6.45) is 9.55. The first-order valence-corrected chi connectivity index (χ1v) is 10.1. The molecule has 3 heterocycles. The second-order valence-electron chi connectivity index (χ2n) is 8.47. The molecule has 0 bridgehead atoms. The maximum absolute atomic E-state index is 12.8. The maximum Gasteiger partial charge on any atom is 0.223 e. The highest BCUT2D eigenvalue weighted by Crippen LogP contribution is 2.58. The SMILES string of the molecule is Cl.Cl.O=C(NCC1(N2CCCCC2)CCOCC1)C1CC12CCNCC2. The molecule has 1 spiro atoms. The van der Waals surface area contributed by atoms with Crippen molar-refractivity contribution < 1.29 is 9.53 Å². The molecule has 1 saturated carbocycles. The first kappa shape index (κ1) is 22.2. The fourth-order valence-corrected chi connectivity index (χ4v) is 5.29. The predicted molar refractivity (Wildman–Crippen MR) is 108 cm³/mol. The molecule has 1 aliphatic carbocycles. The molecule has 0 aromatic heterocycles. The van der Waals surface area contributed by atoms with Gasteiger partial charge < -0.3 is 15.4 Å². The lowest BCUT2D eigenvalue weighted by Crippen LogP contribution is -2.59. The molecule has 7 heteroatoms. The van der Waals surface area contributed by atoms with Gasteiger partial charge in [0.2, 0.25) is 5.91 Å². The van der Waals surface area contributed by atoms with E-state index in [2.05, 4.69) is 15.5 Å². The Morgan fingerprint density at radius 1 is 1.04 bits per heavy atom. The van der Waals surface area contributed by atoms with Gasteiger partial charge in [-0.05, 0) is 76.5 Å². The van der Waals surface area contributed by atoms with Gasteiger partial charge in [-0.3, -0.25) is 9.69 Å². The Labute approximate surface area is 170 Å². The van der Waals surface area contributed by atoms with Crippen LogP contribution >= 0.6 is 24.8 Å². The molecule has 2 N–H and O–H groups in total. The molecular formula is C19H35Cl2N3O2. The van der Waals surface area contributed by atoms with E-state index in [1.165, 1.54) is 45.2 Å². The zero-order chi connectivity index (χ0) is 16.5. The summed E-state index contributed by atoms with van der Waals surface area (Å²) in [7, 11) is 0. The van der Waals surface area contributed by atoms with Gasteiger partial charge in [-0.25, -0.2) is 0 Å². The minimum atomic E-state index is 0. The summed E-state index contributed by atoms with van der Waals surface area (Å²) in [5.41, 5.74) is 0.480. The molecule has 1 unspecified atom stereocenters. The second kappa shape index (κ2) is 9.42. The number of carbonyl (C=O) groups is 1. The Bertz CT molecular complexity index is 460. The van der Waals surface area contributed by atoms with Crippen molar-refractivity contribution >= 4 is 30.7 Å². The number of piperidine rings is 2. The predicted octanol–water partition coefficient (Wildman–Crippen LogP) is 2.37. The van der Waals surface area contributed by atoms with Crippen LogP contribution in [-0.2, 0) is 9.53 Å². The van der Waals surface area contributed by atoms with E-state index in [1.807, 2.05) is 0 Å². The number of carbonyl (C=O) groups excluding carboxylic acids is 1. The molecule has 3 aliphatic heterocycles. The number of ether oxygens (including phenoxy) is 1. The van der Waals surface area contributed by atoms with Crippen molar-refractivity contribution in [3.8, 4) is 0 Å². The van der Waals surface area contributed by atoms with E-state index in [0.717, 1.165) is 52.1 Å². The van der Waals surface area contributed by atoms with Crippen LogP contribution in [0.2, 0.25) is 0 Å². The molecule has 4 fully saturated rings. The van der Waals surface area contributed by atoms with Gasteiger partial charge in [-0.1, -0.05) is 6.42 Å². The van der Waals surface area contributed by atoms with Crippen molar-refractivity contribution in [2.45, 2.75) is 56.9 Å². The standard InChI is InChI=1S/C19H33N3O2.2ClH/c23-17(16-14-18(16)4-8-20-9-5-18)21-15-19(6-12-24-13-7-19)22-10-2-1-3-11-22;;/h16,20H,1-15H2,(H,21,23);2*1H. The Kier molecular flexibility index (Phi) is 8.05. The van der Waals surface area contributed by atoms with Crippen LogP contribution in [0.15, 0.2) is 0 Å². The van der Waals surface area contributed by atoms with Crippen molar-refractivity contribution in [3.63, 3.8) is 0 Å². The first-order chi connectivity index (χ1) is 11.7. The molecule has 4 aliphatic rings. The molecular weight excluding hydrogens is 373 g/mol. The van der Waals surface area contributed by atoms with Crippen LogP contribution in [-0.4, -0.2) is 62.3 Å². The lowest BCUT2D eigenvalue weighted by Gasteiger charge is -2.48. The lowest BCUT2D eigenvalue weighted by molar-refractivity contribution is -0.124. The molecule has 1 amide bonds. The van der Waals surface area contributed by atoms with E-state index >= 15 is 0 Å². The van der Waals surface area contributed by atoms with Gasteiger partial charge in [-0.2, -0.15) is 0 Å². The Balaban J connectivity index is 0.00000121. The Hall–Kier alpha value is -0.0700. The summed E-state index contributed by atoms with van der Waals surface area (Å²) >= 11 is 0. The van der Waals surface area contributed by atoms with Crippen LogP contribution < -0.4 is 10.6 Å². The highest BCUT2D eigenvalue weighted by Gasteiger charge is 2.57. The van der Waals surface area contributed by atoms with Crippen molar-refractivity contribution in [2.24, 2.45) is 11.3 Å². The number of likely N-dealkylation sites (tertiary alicyclic amines) is 1. The van der Waals surface area contributed by atoms with Crippen LogP contribution in [0.5, 0.6) is 0 Å². The minimum Gasteiger partial charge on any atom is -0.381 e. The van der Waals surface area contributed by atoms with E-state index in [9.17, 15) is 4.79 Å². The third kappa shape index (κ3) is 4.49. The number of amides is 1. The normalized spacial score (nSPS) is 29.9. The number of halogens is 2. The molecule has 0 radical (unpaired) electrons. The van der Waals surface area contributed by atoms with Gasteiger partial charge in [0, 0.05) is 31.2 Å². The fourth-order valence-electron chi connectivity index (χ4n) is 5.29. The summed E-state index contributed by atoms with van der Waals surface area (Å²) < 4.78 is 5.63. The fraction of sp³-hybridized carbons (Fsp3) is 0.947. The molecule has 0 aromatic rings. The molecule has 3 saturated heterocycles. The van der Waals surface area contributed by atoms with Gasteiger partial charge in [0.05, 0.1) is 0 Å². The van der Waals surface area contributed by atoms with Crippen LogP contribution in [0.3, 0.4) is 0 Å². The average Bonchev–Trinajstić information content (AvgIpc) is 3.35. The van der Waals surface area contributed by atoms with Gasteiger partial charge in [0.15, 0.2) is 0 Å². The number of nitrogens with one attached hydrogen (secondary N) is 2. The summed E-state index contributed by atoms with van der Waals surface area (Å²) in [4.78, 5) is 15.4. The molecule has 5 nitrogen and oxygen atoms in total. The van der Waals surface area contributed by atoms with Crippen LogP contribution in [0.4, 0.5) is 0 Å². The smallest absolute Gasteiger partial charge is 0.223 e. The van der Waals surface area contributed by atoms with Crippen molar-refractivity contribution in [1.82, 2.24) is 15.5 Å². The maximum atomic E-state index is 12.8. The summed E-state index contributed by atoms with van der Waals surface area (Å²) in [6, 6.07) is 0. The Morgan fingerprint density at radius 2 is 1.69 bits per heavy atom. The van der Waals surface area contributed by atoms with Gasteiger partial charge in [0.25, 0.3) is 0 Å². The largest absolute Gasteiger partial charge is 0.381 e. The highest BCUT2D eigenvalue weighted by molar-refractivity contribution is 5.85. The zero-order valence-corrected chi connectivity index (χ0v) is 17.4. The van der Waals surface area contributed by atoms with E-state index < -0.39 is 0 Å². The quantitative estimate of drug-likeness (QED) is 0.750. The third-order valence-corrected chi connectivity index (χ3v) is 7.15. The van der Waals surface area contributed by atoms with E-state index in [0.29, 0.717) is 11.3 Å². The van der Waals surface area contributed by atoms with E-state index in [1.54, 1.807) is 0 Å². The van der Waals surface area contributed by atoms with Gasteiger partial charge in [0.1, 0.15) is 0 Å². The van der Waals surface area contributed by atoms with Gasteiger partial charge in [-0.15, -0.1) is 24.8 Å². The number of nitrogens with zero attached hydrogens (tertiary/aromatic N) is 1. The van der Waals surface area contributed by atoms with E-state index in [4.69, 9.17) is 4.74 Å². The van der Waals surface area contributed by atoms with Gasteiger partial charge >= 0.3 is 0 Å². The summed E-state index contributed by atoms with van der Waals surface area (Å²) in [5, 5.41) is 6.79.